The summed E-state index contributed by atoms with van der Waals surface area (Å²) in [6.45, 7) is 5.87. The van der Waals surface area contributed by atoms with E-state index in [9.17, 15) is 18.0 Å². The van der Waals surface area contributed by atoms with Crippen LogP contribution in [0.2, 0.25) is 0 Å². The lowest BCUT2D eigenvalue weighted by atomic mass is 10.1. The monoisotopic (exact) mass is 446 g/mol. The molecule has 0 fully saturated rings. The summed E-state index contributed by atoms with van der Waals surface area (Å²) in [5.41, 5.74) is 2.79. The minimum absolute atomic E-state index is 0.107. The van der Waals surface area contributed by atoms with Gasteiger partial charge in [0.1, 0.15) is 0 Å². The van der Waals surface area contributed by atoms with E-state index in [1.54, 1.807) is 19.9 Å². The fourth-order valence-corrected chi connectivity index (χ4v) is 5.65. The molecule has 6 nitrogen and oxygen atoms in total. The molecule has 2 amide bonds. The van der Waals surface area contributed by atoms with Crippen LogP contribution < -0.4 is 10.6 Å². The van der Waals surface area contributed by atoms with Crippen molar-refractivity contribution in [1.82, 2.24) is 5.32 Å². The van der Waals surface area contributed by atoms with Gasteiger partial charge in [-0.1, -0.05) is 36.8 Å². The minimum Gasteiger partial charge on any atom is -0.356 e. The van der Waals surface area contributed by atoms with Gasteiger partial charge in [-0.2, -0.15) is 0 Å². The summed E-state index contributed by atoms with van der Waals surface area (Å²) >= 11 is 1.40. The average Bonchev–Trinajstić information content (AvgIpc) is 2.69. The van der Waals surface area contributed by atoms with Gasteiger partial charge in [-0.05, 0) is 44.0 Å². The Labute approximate surface area is 181 Å². The van der Waals surface area contributed by atoms with Crippen LogP contribution in [0.5, 0.6) is 0 Å². The number of sulfone groups is 1. The highest BCUT2D eigenvalue weighted by atomic mass is 32.2. The molecule has 0 aliphatic carbocycles. The number of hydrogen-bond acceptors (Lipinski definition) is 5. The van der Waals surface area contributed by atoms with E-state index in [1.165, 1.54) is 29.5 Å². The first-order valence-corrected chi connectivity index (χ1v) is 12.4. The van der Waals surface area contributed by atoms with Gasteiger partial charge in [0.2, 0.25) is 11.8 Å². The molecule has 2 aromatic carbocycles. The molecule has 1 aliphatic heterocycles. The summed E-state index contributed by atoms with van der Waals surface area (Å²) in [6, 6.07) is 12.8. The Morgan fingerprint density at radius 1 is 1.20 bits per heavy atom. The number of carbonyl (C=O) groups excluding carboxylic acids is 2. The summed E-state index contributed by atoms with van der Waals surface area (Å²) in [5, 5.41) is 5.34. The topological polar surface area (TPSA) is 92.3 Å². The SMILES string of the molecule is Cc1ccc(CCNC(=O)[C@H](C)CS(=O)(=O)c2ccc3c(c2)NC(=O)[C@H](C)S3)cc1. The molecule has 8 heteroatoms. The summed E-state index contributed by atoms with van der Waals surface area (Å²) in [6.07, 6.45) is 0.687. The van der Waals surface area contributed by atoms with Crippen LogP contribution in [0, 0.1) is 12.8 Å². The number of aryl methyl sites for hydroxylation is 1. The Morgan fingerprint density at radius 2 is 1.90 bits per heavy atom. The van der Waals surface area contributed by atoms with Crippen LogP contribution in [0.15, 0.2) is 52.3 Å². The number of nitrogens with one attached hydrogen (secondary N) is 2. The smallest absolute Gasteiger partial charge is 0.237 e. The number of thioether (sulfide) groups is 1. The Bertz CT molecular complexity index is 1050. The quantitative estimate of drug-likeness (QED) is 0.681. The number of amides is 2. The molecule has 160 valence electrons. The molecular formula is C22H26N2O4S2. The van der Waals surface area contributed by atoms with Crippen molar-refractivity contribution in [2.75, 3.05) is 17.6 Å². The highest BCUT2D eigenvalue weighted by molar-refractivity contribution is 8.01. The normalized spacial score (nSPS) is 17.0. The molecule has 2 atom stereocenters. The molecule has 0 radical (unpaired) electrons. The number of rotatable bonds is 7. The molecular weight excluding hydrogens is 420 g/mol. The third kappa shape index (κ3) is 5.43. The van der Waals surface area contributed by atoms with Crippen molar-refractivity contribution in [3.63, 3.8) is 0 Å². The van der Waals surface area contributed by atoms with Gasteiger partial charge < -0.3 is 10.6 Å². The maximum atomic E-state index is 12.8. The molecule has 30 heavy (non-hydrogen) atoms. The van der Waals surface area contributed by atoms with E-state index >= 15 is 0 Å². The molecule has 0 aromatic heterocycles. The number of benzene rings is 2. The molecule has 1 heterocycles. The molecule has 0 spiro atoms. The Balaban J connectivity index is 1.59. The summed E-state index contributed by atoms with van der Waals surface area (Å²) in [7, 11) is -3.67. The van der Waals surface area contributed by atoms with Crippen LogP contribution >= 0.6 is 11.8 Å². The zero-order chi connectivity index (χ0) is 21.9. The second kappa shape index (κ2) is 9.22. The van der Waals surface area contributed by atoms with E-state index in [0.717, 1.165) is 10.5 Å². The maximum Gasteiger partial charge on any atom is 0.237 e. The number of hydrogen-bond donors (Lipinski definition) is 2. The molecule has 3 rings (SSSR count). The van der Waals surface area contributed by atoms with Crippen LogP contribution in [0.25, 0.3) is 0 Å². The fraction of sp³-hybridized carbons (Fsp3) is 0.364. The lowest BCUT2D eigenvalue weighted by molar-refractivity contribution is -0.123. The van der Waals surface area contributed by atoms with Crippen molar-refractivity contribution in [2.24, 2.45) is 5.92 Å². The third-order valence-corrected chi connectivity index (χ3v) is 8.08. The Kier molecular flexibility index (Phi) is 6.88. The van der Waals surface area contributed by atoms with Gasteiger partial charge in [0.25, 0.3) is 0 Å². The third-order valence-electron chi connectivity index (χ3n) is 4.99. The van der Waals surface area contributed by atoms with E-state index in [-0.39, 0.29) is 27.7 Å². The predicted molar refractivity (Wildman–Crippen MR) is 120 cm³/mol. The lowest BCUT2D eigenvalue weighted by Crippen LogP contribution is -2.34. The molecule has 0 saturated heterocycles. The summed E-state index contributed by atoms with van der Waals surface area (Å²) in [4.78, 5) is 25.2. The molecule has 2 N–H and O–H groups in total. The van der Waals surface area contributed by atoms with E-state index in [4.69, 9.17) is 0 Å². The van der Waals surface area contributed by atoms with Gasteiger partial charge in [0.15, 0.2) is 9.84 Å². The zero-order valence-electron chi connectivity index (χ0n) is 17.3. The first-order valence-electron chi connectivity index (χ1n) is 9.83. The largest absolute Gasteiger partial charge is 0.356 e. The average molecular weight is 447 g/mol. The lowest BCUT2D eigenvalue weighted by Gasteiger charge is -2.22. The van der Waals surface area contributed by atoms with E-state index in [0.29, 0.717) is 18.7 Å². The van der Waals surface area contributed by atoms with Crippen LogP contribution in [-0.4, -0.2) is 37.8 Å². The van der Waals surface area contributed by atoms with Crippen LogP contribution in [0.4, 0.5) is 5.69 Å². The highest BCUT2D eigenvalue weighted by Crippen LogP contribution is 2.37. The van der Waals surface area contributed by atoms with E-state index in [1.807, 2.05) is 31.2 Å². The second-order valence-electron chi connectivity index (χ2n) is 7.62. The van der Waals surface area contributed by atoms with Crippen LogP contribution in [0.1, 0.15) is 25.0 Å². The van der Waals surface area contributed by atoms with Crippen LogP contribution in [0.3, 0.4) is 0 Å². The van der Waals surface area contributed by atoms with Crippen molar-refractivity contribution in [3.05, 3.63) is 53.6 Å². The number of fused-ring (bicyclic) bond motifs is 1. The van der Waals surface area contributed by atoms with Crippen molar-refractivity contribution in [3.8, 4) is 0 Å². The number of carbonyl (C=O) groups is 2. The van der Waals surface area contributed by atoms with E-state index in [2.05, 4.69) is 10.6 Å². The van der Waals surface area contributed by atoms with Crippen molar-refractivity contribution in [1.29, 1.82) is 0 Å². The van der Waals surface area contributed by atoms with Gasteiger partial charge >= 0.3 is 0 Å². The Morgan fingerprint density at radius 3 is 2.60 bits per heavy atom. The maximum absolute atomic E-state index is 12.8. The van der Waals surface area contributed by atoms with Gasteiger partial charge in [0.05, 0.1) is 21.6 Å². The fourth-order valence-electron chi connectivity index (χ4n) is 3.14. The van der Waals surface area contributed by atoms with Gasteiger partial charge in [0, 0.05) is 17.4 Å². The van der Waals surface area contributed by atoms with Gasteiger partial charge in [-0.3, -0.25) is 9.59 Å². The van der Waals surface area contributed by atoms with Gasteiger partial charge in [-0.25, -0.2) is 8.42 Å². The standard InChI is InChI=1S/C22H26N2O4S2/c1-14-4-6-17(7-5-14)10-11-23-21(25)15(2)13-30(27,28)18-8-9-20-19(12-18)24-22(26)16(3)29-20/h4-9,12,15-16H,10-11,13H2,1-3H3,(H,23,25)(H,24,26)/t15-,16+/m1/s1. The molecule has 0 bridgehead atoms. The van der Waals surface area contributed by atoms with Crippen molar-refractivity contribution >= 4 is 39.1 Å². The molecule has 2 aromatic rings. The second-order valence-corrected chi connectivity index (χ2v) is 11.0. The van der Waals surface area contributed by atoms with Gasteiger partial charge in [-0.15, -0.1) is 11.8 Å². The molecule has 1 aliphatic rings. The molecule has 0 unspecified atom stereocenters. The highest BCUT2D eigenvalue weighted by Gasteiger charge is 2.27. The Hall–Kier alpha value is -2.32. The summed E-state index contributed by atoms with van der Waals surface area (Å²) in [5.74, 6) is -1.42. The first kappa shape index (κ1) is 22.4. The van der Waals surface area contributed by atoms with E-state index < -0.39 is 15.8 Å². The van der Waals surface area contributed by atoms with Crippen molar-refractivity contribution in [2.45, 2.75) is 42.2 Å². The van der Waals surface area contributed by atoms with Crippen LogP contribution in [-0.2, 0) is 25.8 Å². The predicted octanol–water partition coefficient (Wildman–Crippen LogP) is 3.20. The minimum atomic E-state index is -3.67. The number of anilines is 1. The summed E-state index contributed by atoms with van der Waals surface area (Å²) < 4.78 is 25.6. The first-order chi connectivity index (χ1) is 14.2. The van der Waals surface area contributed by atoms with Crippen molar-refractivity contribution < 1.29 is 18.0 Å². The zero-order valence-corrected chi connectivity index (χ0v) is 18.9. The molecule has 0 saturated carbocycles.